The largest absolute Gasteiger partial charge is 0.497 e. The molecule has 0 saturated heterocycles. The quantitative estimate of drug-likeness (QED) is 0.0378. The molecule has 0 bridgehead atoms. The standard InChI is InChI=1S/C48H82O7Si3/c1-12-42-30-33-47(49)53-45(42)34-35-48(55-56(9,10)11,36-37-52-57(13-2,14-3)15-4)46(51-39-41-28-31-43(50-8)32-29-41)38-44(54-58(16-5,17-6)18-7)27-23-22-26-40-24-20-19-21-25-40/h22-23,26-35,40,42,44-46H,12-21,24-25,36-39H2,1-11H3/b26-22-,27-23-,35-34+/t42-,44-,45-,46+,48-/m0/s1. The van der Waals surface area contributed by atoms with Gasteiger partial charge in [-0.05, 0) is 105 Å². The maximum Gasteiger partial charge on any atom is 0.331 e. The number of rotatable bonds is 27. The van der Waals surface area contributed by atoms with Gasteiger partial charge in [-0.2, -0.15) is 0 Å². The summed E-state index contributed by atoms with van der Waals surface area (Å²) in [5, 5.41) is 0. The molecular formula is C48H82O7Si3. The molecule has 1 saturated carbocycles. The zero-order valence-electron chi connectivity index (χ0n) is 38.5. The van der Waals surface area contributed by atoms with E-state index in [0.29, 0.717) is 32.0 Å². The summed E-state index contributed by atoms with van der Waals surface area (Å²) in [5.74, 6) is 1.23. The predicted molar refractivity (Wildman–Crippen MR) is 250 cm³/mol. The Labute approximate surface area is 357 Å². The van der Waals surface area contributed by atoms with E-state index < -0.39 is 42.8 Å². The summed E-state index contributed by atoms with van der Waals surface area (Å²) in [7, 11) is -4.55. The van der Waals surface area contributed by atoms with E-state index in [1.165, 1.54) is 32.1 Å². The molecule has 0 radical (unpaired) electrons. The Balaban J connectivity index is 2.23. The van der Waals surface area contributed by atoms with E-state index in [1.54, 1.807) is 13.2 Å². The normalized spacial score (nSPS) is 20.8. The molecule has 1 aliphatic heterocycles. The molecule has 10 heteroatoms. The van der Waals surface area contributed by atoms with Crippen LogP contribution >= 0.6 is 0 Å². The van der Waals surface area contributed by atoms with E-state index in [0.717, 1.165) is 54.0 Å². The number of ether oxygens (including phenoxy) is 3. The number of hydrogen-bond donors (Lipinski definition) is 0. The van der Waals surface area contributed by atoms with E-state index >= 15 is 0 Å². The second-order valence-corrected chi connectivity index (χ2v) is 31.6. The summed E-state index contributed by atoms with van der Waals surface area (Å²) in [6.45, 7) is 23.6. The minimum Gasteiger partial charge on any atom is -0.497 e. The average molecular weight is 855 g/mol. The van der Waals surface area contributed by atoms with Crippen molar-refractivity contribution in [1.82, 2.24) is 0 Å². The van der Waals surface area contributed by atoms with E-state index in [-0.39, 0.29) is 18.0 Å². The number of benzene rings is 1. The first-order valence-electron chi connectivity index (χ1n) is 23.0. The van der Waals surface area contributed by atoms with Crippen LogP contribution in [0.15, 0.2) is 72.9 Å². The molecule has 1 aromatic rings. The van der Waals surface area contributed by atoms with Gasteiger partial charge >= 0.3 is 5.97 Å². The van der Waals surface area contributed by atoms with E-state index in [2.05, 4.69) is 117 Å². The van der Waals surface area contributed by atoms with Crippen LogP contribution in [0, 0.1) is 11.8 Å². The molecule has 58 heavy (non-hydrogen) atoms. The first kappa shape index (κ1) is 50.3. The first-order chi connectivity index (χ1) is 27.8. The molecule has 0 aromatic heterocycles. The van der Waals surface area contributed by atoms with Gasteiger partial charge in [0.2, 0.25) is 0 Å². The van der Waals surface area contributed by atoms with Crippen LogP contribution in [-0.2, 0) is 34.2 Å². The molecular weight excluding hydrogens is 773 g/mol. The number of allylic oxidation sites excluding steroid dienone is 3. The lowest BCUT2D eigenvalue weighted by molar-refractivity contribution is -0.144. The highest BCUT2D eigenvalue weighted by Gasteiger charge is 2.45. The van der Waals surface area contributed by atoms with E-state index in [4.69, 9.17) is 27.5 Å². The summed E-state index contributed by atoms with van der Waals surface area (Å²) in [4.78, 5) is 12.7. The third-order valence-corrected chi connectivity index (χ3v) is 23.3. The SMILES string of the molecule is CC[C@H]1C=CC(=O)O[C@H]1/C=C/[C@@](CCO[Si](CC)(CC)CC)(O[Si](C)(C)C)[C@@H](C[C@H](/C=C\C=C/C1CCCCC1)O[Si](CC)(CC)CC)OCc1ccc(OC)cc1. The Hall–Kier alpha value is -2.06. The number of hydrogen-bond acceptors (Lipinski definition) is 7. The monoisotopic (exact) mass is 855 g/mol. The fourth-order valence-corrected chi connectivity index (χ4v) is 15.6. The molecule has 3 rings (SSSR count). The highest BCUT2D eigenvalue weighted by molar-refractivity contribution is 6.74. The van der Waals surface area contributed by atoms with E-state index in [9.17, 15) is 4.79 Å². The van der Waals surface area contributed by atoms with Crippen LogP contribution in [-0.4, -0.2) is 68.6 Å². The lowest BCUT2D eigenvalue weighted by atomic mass is 9.86. The maximum absolute atomic E-state index is 12.7. The molecule has 0 amide bonds. The number of esters is 1. The Bertz CT molecular complexity index is 1420. The van der Waals surface area contributed by atoms with Gasteiger partial charge in [-0.15, -0.1) is 0 Å². The van der Waals surface area contributed by atoms with Gasteiger partial charge in [0.1, 0.15) is 17.5 Å². The van der Waals surface area contributed by atoms with Crippen molar-refractivity contribution in [3.05, 3.63) is 78.4 Å². The fraction of sp³-hybridized carbons (Fsp3) is 0.688. The maximum atomic E-state index is 12.7. The van der Waals surface area contributed by atoms with Gasteiger partial charge in [0.25, 0.3) is 0 Å². The van der Waals surface area contributed by atoms with Crippen LogP contribution in [0.25, 0.3) is 0 Å². The summed E-state index contributed by atoms with van der Waals surface area (Å²) in [5.41, 5.74) is 0.169. The number of carbonyl (C=O) groups is 1. The van der Waals surface area contributed by atoms with Crippen molar-refractivity contribution in [3.8, 4) is 5.75 Å². The van der Waals surface area contributed by atoms with Gasteiger partial charge < -0.3 is 27.5 Å². The topological polar surface area (TPSA) is 72.5 Å². The van der Waals surface area contributed by atoms with Gasteiger partial charge in [0.15, 0.2) is 25.0 Å². The molecule has 7 nitrogen and oxygen atoms in total. The smallest absolute Gasteiger partial charge is 0.331 e. The van der Waals surface area contributed by atoms with E-state index in [1.807, 2.05) is 18.2 Å². The summed E-state index contributed by atoms with van der Waals surface area (Å²) >= 11 is 0. The third-order valence-electron chi connectivity index (χ3n) is 12.9. The Morgan fingerprint density at radius 2 is 1.48 bits per heavy atom. The molecule has 328 valence electrons. The zero-order valence-corrected chi connectivity index (χ0v) is 41.5. The van der Waals surface area contributed by atoms with Crippen molar-refractivity contribution in [2.75, 3.05) is 13.7 Å². The van der Waals surface area contributed by atoms with Gasteiger partial charge in [0, 0.05) is 31.4 Å². The lowest BCUT2D eigenvalue weighted by Crippen LogP contribution is -2.54. The van der Waals surface area contributed by atoms with Crippen molar-refractivity contribution in [2.24, 2.45) is 11.8 Å². The third kappa shape index (κ3) is 15.8. The molecule has 0 spiro atoms. The first-order valence-corrected chi connectivity index (χ1v) is 31.4. The van der Waals surface area contributed by atoms with Crippen LogP contribution in [0.3, 0.4) is 0 Å². The summed E-state index contributed by atoms with van der Waals surface area (Å²) in [6, 6.07) is 14.5. The molecule has 1 fully saturated rings. The van der Waals surface area contributed by atoms with Crippen LogP contribution in [0.2, 0.25) is 55.9 Å². The van der Waals surface area contributed by atoms with Gasteiger partial charge in [-0.3, -0.25) is 0 Å². The lowest BCUT2D eigenvalue weighted by Gasteiger charge is -2.45. The molecule has 0 N–H and O–H groups in total. The molecule has 2 aliphatic rings. The molecule has 0 unspecified atom stereocenters. The zero-order chi connectivity index (χ0) is 42.7. The molecule has 5 atom stereocenters. The van der Waals surface area contributed by atoms with Crippen LogP contribution in [0.5, 0.6) is 5.75 Å². The molecule has 1 aliphatic carbocycles. The summed E-state index contributed by atoms with van der Waals surface area (Å²) in [6.07, 6.45) is 24.6. The minimum atomic E-state index is -2.27. The van der Waals surface area contributed by atoms with Crippen LogP contribution in [0.1, 0.15) is 105 Å². The second kappa shape index (κ2) is 25.0. The van der Waals surface area contributed by atoms with Crippen molar-refractivity contribution in [3.63, 3.8) is 0 Å². The average Bonchev–Trinajstić information content (AvgIpc) is 3.23. The van der Waals surface area contributed by atoms with Gasteiger partial charge in [-0.25, -0.2) is 4.79 Å². The van der Waals surface area contributed by atoms with Crippen molar-refractivity contribution in [2.45, 2.75) is 186 Å². The van der Waals surface area contributed by atoms with Crippen molar-refractivity contribution < 1.29 is 32.3 Å². The van der Waals surface area contributed by atoms with Crippen LogP contribution in [0.4, 0.5) is 0 Å². The van der Waals surface area contributed by atoms with Crippen LogP contribution < -0.4 is 4.74 Å². The summed E-state index contributed by atoms with van der Waals surface area (Å²) < 4.78 is 40.7. The number of methoxy groups -OCH3 is 1. The number of carbonyl (C=O) groups excluding carboxylic acids is 1. The minimum absolute atomic E-state index is 0.0778. The Kier molecular flexibility index (Phi) is 21.7. The highest BCUT2D eigenvalue weighted by atomic mass is 28.4. The second-order valence-electron chi connectivity index (χ2n) is 17.7. The Morgan fingerprint density at radius 1 is 0.845 bits per heavy atom. The fourth-order valence-electron chi connectivity index (χ4n) is 8.70. The number of cyclic esters (lactones) is 1. The predicted octanol–water partition coefficient (Wildman–Crippen LogP) is 13.1. The highest BCUT2D eigenvalue weighted by Crippen LogP contribution is 2.37. The van der Waals surface area contributed by atoms with Crippen molar-refractivity contribution >= 4 is 30.9 Å². The van der Waals surface area contributed by atoms with Gasteiger partial charge in [0.05, 0.1) is 25.9 Å². The molecule has 1 aromatic carbocycles. The van der Waals surface area contributed by atoms with Gasteiger partial charge in [-0.1, -0.05) is 116 Å². The molecule has 1 heterocycles. The Morgan fingerprint density at radius 3 is 2.05 bits per heavy atom. The van der Waals surface area contributed by atoms with Crippen molar-refractivity contribution in [1.29, 1.82) is 0 Å².